The van der Waals surface area contributed by atoms with Gasteiger partial charge in [0.05, 0.1) is 12.8 Å². The largest absolute Gasteiger partial charge is 0.465 e. The van der Waals surface area contributed by atoms with Crippen molar-refractivity contribution in [2.24, 2.45) is 0 Å². The van der Waals surface area contributed by atoms with Crippen LogP contribution in [0.5, 0.6) is 0 Å². The van der Waals surface area contributed by atoms with Crippen LogP contribution in [0.25, 0.3) is 11.3 Å². The molecule has 0 unspecified atom stereocenters. The fourth-order valence-corrected chi connectivity index (χ4v) is 2.92. The summed E-state index contributed by atoms with van der Waals surface area (Å²) in [6, 6.07) is 1.41. The van der Waals surface area contributed by atoms with Gasteiger partial charge in [0.15, 0.2) is 0 Å². The summed E-state index contributed by atoms with van der Waals surface area (Å²) in [5.41, 5.74) is 1.56. The van der Waals surface area contributed by atoms with E-state index >= 15 is 0 Å². The van der Waals surface area contributed by atoms with Crippen LogP contribution in [0.4, 0.5) is 0 Å². The second-order valence-corrected chi connectivity index (χ2v) is 6.72. The number of carbonyl (C=O) groups is 1. The van der Waals surface area contributed by atoms with Crippen molar-refractivity contribution in [1.29, 1.82) is 0 Å². The van der Waals surface area contributed by atoms with E-state index in [0.717, 1.165) is 5.56 Å². The highest BCUT2D eigenvalue weighted by molar-refractivity contribution is 7.12. The van der Waals surface area contributed by atoms with E-state index in [4.69, 9.17) is 4.74 Å². The van der Waals surface area contributed by atoms with Gasteiger partial charge in [0.1, 0.15) is 10.7 Å². The molecule has 2 heterocycles. The summed E-state index contributed by atoms with van der Waals surface area (Å²) in [5, 5.41) is 1.86. The molecule has 0 aromatic carbocycles. The number of esters is 1. The lowest BCUT2D eigenvalue weighted by Gasteiger charge is -2.17. The van der Waals surface area contributed by atoms with E-state index in [9.17, 15) is 9.59 Å². The molecule has 0 aliphatic heterocycles. The third-order valence-corrected chi connectivity index (χ3v) is 4.13. The number of hydrogen-bond acceptors (Lipinski definition) is 5. The minimum Gasteiger partial charge on any atom is -0.465 e. The van der Waals surface area contributed by atoms with Crippen molar-refractivity contribution >= 4 is 17.3 Å². The molecule has 1 N–H and O–H groups in total. The van der Waals surface area contributed by atoms with Gasteiger partial charge in [-0.1, -0.05) is 20.8 Å². The van der Waals surface area contributed by atoms with E-state index < -0.39 is 5.97 Å². The van der Waals surface area contributed by atoms with Gasteiger partial charge in [-0.05, 0) is 17.9 Å². The first-order valence-electron chi connectivity index (χ1n) is 6.52. The van der Waals surface area contributed by atoms with Crippen molar-refractivity contribution < 1.29 is 9.53 Å². The van der Waals surface area contributed by atoms with Gasteiger partial charge in [-0.3, -0.25) is 4.79 Å². The van der Waals surface area contributed by atoms with Crippen molar-refractivity contribution in [3.8, 4) is 11.3 Å². The number of aryl methyl sites for hydroxylation is 1. The molecule has 0 spiro atoms. The van der Waals surface area contributed by atoms with Gasteiger partial charge >= 0.3 is 5.97 Å². The Labute approximate surface area is 127 Å². The summed E-state index contributed by atoms with van der Waals surface area (Å²) in [6.45, 7) is 7.79. The first-order chi connectivity index (χ1) is 9.74. The normalized spacial score (nSPS) is 11.5. The van der Waals surface area contributed by atoms with E-state index in [1.807, 2.05) is 33.1 Å². The van der Waals surface area contributed by atoms with Gasteiger partial charge in [-0.15, -0.1) is 11.3 Å². The number of H-pyrrole nitrogens is 1. The highest BCUT2D eigenvalue weighted by Crippen LogP contribution is 2.32. The Balaban J connectivity index is 2.68. The highest BCUT2D eigenvalue weighted by atomic mass is 32.1. The molecule has 0 atom stereocenters. The maximum atomic E-state index is 11.9. The molecule has 0 bridgehead atoms. The lowest BCUT2D eigenvalue weighted by molar-refractivity contribution is 0.0607. The Bertz CT molecular complexity index is 738. The zero-order valence-electron chi connectivity index (χ0n) is 12.7. The molecule has 2 aromatic heterocycles. The Kier molecular flexibility index (Phi) is 4.00. The minimum atomic E-state index is -0.414. The van der Waals surface area contributed by atoms with Crippen LogP contribution in [0.15, 0.2) is 16.2 Å². The second kappa shape index (κ2) is 5.44. The summed E-state index contributed by atoms with van der Waals surface area (Å²) in [6.07, 6.45) is 0. The Morgan fingerprint density at radius 2 is 2.05 bits per heavy atom. The number of nitrogens with zero attached hydrogens (tertiary/aromatic N) is 1. The van der Waals surface area contributed by atoms with Crippen molar-refractivity contribution in [2.75, 3.05) is 7.11 Å². The maximum Gasteiger partial charge on any atom is 0.348 e. The third kappa shape index (κ3) is 3.05. The van der Waals surface area contributed by atoms with Gasteiger partial charge in [0, 0.05) is 17.0 Å². The Morgan fingerprint density at radius 3 is 2.62 bits per heavy atom. The van der Waals surface area contributed by atoms with Crippen LogP contribution < -0.4 is 5.56 Å². The van der Waals surface area contributed by atoms with Crippen molar-refractivity contribution in [3.05, 3.63) is 38.1 Å². The molecule has 0 saturated heterocycles. The number of hydrogen-bond donors (Lipinski definition) is 1. The number of carbonyl (C=O) groups excluding carboxylic acids is 1. The molecule has 0 radical (unpaired) electrons. The van der Waals surface area contributed by atoms with E-state index in [2.05, 4.69) is 9.97 Å². The van der Waals surface area contributed by atoms with Crippen LogP contribution in [0.2, 0.25) is 0 Å². The van der Waals surface area contributed by atoms with Crippen LogP contribution in [0.3, 0.4) is 0 Å². The molecule has 0 fully saturated rings. The highest BCUT2D eigenvalue weighted by Gasteiger charge is 2.22. The number of rotatable bonds is 2. The molecule has 0 aliphatic rings. The van der Waals surface area contributed by atoms with E-state index in [1.54, 1.807) is 0 Å². The second-order valence-electron chi connectivity index (χ2n) is 5.84. The molecular weight excluding hydrogens is 288 g/mol. The molecule has 0 amide bonds. The zero-order chi connectivity index (χ0) is 15.8. The molecule has 2 aromatic rings. The zero-order valence-corrected chi connectivity index (χ0v) is 13.6. The smallest absolute Gasteiger partial charge is 0.348 e. The Morgan fingerprint density at radius 1 is 1.38 bits per heavy atom. The molecule has 21 heavy (non-hydrogen) atoms. The fourth-order valence-electron chi connectivity index (χ4n) is 1.95. The summed E-state index contributed by atoms with van der Waals surface area (Å²) < 4.78 is 4.80. The summed E-state index contributed by atoms with van der Waals surface area (Å²) in [4.78, 5) is 31.5. The van der Waals surface area contributed by atoms with Crippen molar-refractivity contribution in [3.63, 3.8) is 0 Å². The predicted molar refractivity (Wildman–Crippen MR) is 82.9 cm³/mol. The van der Waals surface area contributed by atoms with Crippen LogP contribution in [-0.2, 0) is 10.2 Å². The summed E-state index contributed by atoms with van der Waals surface area (Å²) >= 11 is 1.30. The first-order valence-corrected chi connectivity index (χ1v) is 7.40. The van der Waals surface area contributed by atoms with Crippen LogP contribution in [0, 0.1) is 6.92 Å². The number of methoxy groups -OCH3 is 1. The topological polar surface area (TPSA) is 72.1 Å². The number of nitrogens with one attached hydrogen (secondary N) is 1. The number of ether oxygens (including phenoxy) is 1. The standard InChI is InChI=1S/C15H18N2O3S/c1-8-7-21-12(13(19)20-5)11(8)9-6-10(18)17-14(16-9)15(2,3)4/h6-7H,1-5H3,(H,16,17,18). The van der Waals surface area contributed by atoms with Crippen LogP contribution in [-0.4, -0.2) is 23.0 Å². The maximum absolute atomic E-state index is 11.9. The fraction of sp³-hybridized carbons (Fsp3) is 0.400. The molecule has 0 saturated carbocycles. The predicted octanol–water partition coefficient (Wildman–Crippen LogP) is 2.89. The van der Waals surface area contributed by atoms with Crippen LogP contribution >= 0.6 is 11.3 Å². The molecule has 2 rings (SSSR count). The molecule has 6 heteroatoms. The first kappa shape index (κ1) is 15.4. The number of aromatic amines is 1. The van der Waals surface area contributed by atoms with E-state index in [1.165, 1.54) is 24.5 Å². The molecular formula is C15H18N2O3S. The van der Waals surface area contributed by atoms with Crippen molar-refractivity contribution in [1.82, 2.24) is 9.97 Å². The van der Waals surface area contributed by atoms with Gasteiger partial charge in [0.25, 0.3) is 5.56 Å². The van der Waals surface area contributed by atoms with E-state index in [-0.39, 0.29) is 11.0 Å². The lowest BCUT2D eigenvalue weighted by atomic mass is 9.95. The lowest BCUT2D eigenvalue weighted by Crippen LogP contribution is -2.22. The number of thiophene rings is 1. The number of aromatic nitrogens is 2. The quantitative estimate of drug-likeness (QED) is 0.866. The molecule has 5 nitrogen and oxygen atoms in total. The molecule has 112 valence electrons. The average Bonchev–Trinajstić information content (AvgIpc) is 2.78. The van der Waals surface area contributed by atoms with Gasteiger partial charge < -0.3 is 9.72 Å². The monoisotopic (exact) mass is 306 g/mol. The minimum absolute atomic E-state index is 0.230. The van der Waals surface area contributed by atoms with Gasteiger partial charge in [-0.25, -0.2) is 9.78 Å². The van der Waals surface area contributed by atoms with Gasteiger partial charge in [-0.2, -0.15) is 0 Å². The average molecular weight is 306 g/mol. The van der Waals surface area contributed by atoms with Gasteiger partial charge in [0.2, 0.25) is 0 Å². The SMILES string of the molecule is COC(=O)c1scc(C)c1-c1cc(=O)[nH]c(C(C)(C)C)n1. The Hall–Kier alpha value is -1.95. The molecule has 0 aliphatic carbocycles. The summed E-state index contributed by atoms with van der Waals surface area (Å²) in [5.74, 6) is 0.175. The van der Waals surface area contributed by atoms with E-state index in [0.29, 0.717) is 22.0 Å². The third-order valence-electron chi connectivity index (χ3n) is 3.05. The summed E-state index contributed by atoms with van der Waals surface area (Å²) in [7, 11) is 1.34. The van der Waals surface area contributed by atoms with Crippen LogP contribution in [0.1, 0.15) is 41.8 Å². The van der Waals surface area contributed by atoms with Crippen molar-refractivity contribution in [2.45, 2.75) is 33.1 Å².